The van der Waals surface area contributed by atoms with Crippen molar-refractivity contribution in [2.24, 2.45) is 5.92 Å². The molecular weight excluding hydrogens is 336 g/mol. The van der Waals surface area contributed by atoms with Crippen LogP contribution in [0.15, 0.2) is 16.5 Å². The van der Waals surface area contributed by atoms with Gasteiger partial charge < -0.3 is 20.4 Å². The van der Waals surface area contributed by atoms with E-state index in [2.05, 4.69) is 16.0 Å². The lowest BCUT2D eigenvalue weighted by molar-refractivity contribution is -0.134. The Bertz CT molecular complexity index is 695. The molecule has 2 aliphatic heterocycles. The number of nitrogens with one attached hydrogen (secondary N) is 3. The zero-order chi connectivity index (χ0) is 18.7. The van der Waals surface area contributed by atoms with Crippen molar-refractivity contribution in [3.63, 3.8) is 0 Å². The van der Waals surface area contributed by atoms with E-state index in [1.165, 1.54) is 11.9 Å². The molecule has 0 spiro atoms. The quantitative estimate of drug-likeness (QED) is 0.661. The molecule has 1 aromatic heterocycles. The number of amides is 4. The molecule has 0 aliphatic carbocycles. The molecule has 3 heterocycles. The standard InChI is InChI=1S/C18H26N4O4/c1-3-8-18(12-6-9-20-10-7-12)16(24)22(17(25)21-18)11-13-4-5-14(26-13)15(23)19-2/h4-5,12,20H,3,6-11H2,1-2H3,(H,19,23)(H,21,25)/t18-/m0/s1. The minimum atomic E-state index is -0.829. The van der Waals surface area contributed by atoms with Crippen LogP contribution in [0.5, 0.6) is 0 Å². The molecule has 3 N–H and O–H groups in total. The number of hydrogen-bond acceptors (Lipinski definition) is 5. The molecule has 1 aromatic rings. The molecule has 0 bridgehead atoms. The van der Waals surface area contributed by atoms with Gasteiger partial charge in [0.2, 0.25) is 0 Å². The van der Waals surface area contributed by atoms with E-state index >= 15 is 0 Å². The lowest BCUT2D eigenvalue weighted by Gasteiger charge is -2.37. The second-order valence-corrected chi connectivity index (χ2v) is 6.91. The number of nitrogens with zero attached hydrogens (tertiary/aromatic N) is 1. The van der Waals surface area contributed by atoms with Gasteiger partial charge in [0.15, 0.2) is 5.76 Å². The second kappa shape index (κ2) is 7.49. The first kappa shape index (κ1) is 18.4. The van der Waals surface area contributed by atoms with E-state index in [9.17, 15) is 14.4 Å². The highest BCUT2D eigenvalue weighted by Crippen LogP contribution is 2.36. The number of rotatable bonds is 6. The molecule has 0 aromatic carbocycles. The summed E-state index contributed by atoms with van der Waals surface area (Å²) in [5.74, 6) is 0.165. The number of piperidine rings is 1. The fraction of sp³-hybridized carbons (Fsp3) is 0.611. The van der Waals surface area contributed by atoms with E-state index in [-0.39, 0.29) is 36.1 Å². The summed E-state index contributed by atoms with van der Waals surface area (Å²) in [6, 6.07) is 2.77. The first-order valence-corrected chi connectivity index (χ1v) is 9.17. The largest absolute Gasteiger partial charge is 0.454 e. The van der Waals surface area contributed by atoms with Crippen molar-refractivity contribution in [2.45, 2.75) is 44.7 Å². The van der Waals surface area contributed by atoms with Crippen LogP contribution >= 0.6 is 0 Å². The van der Waals surface area contributed by atoms with Gasteiger partial charge in [0.05, 0.1) is 6.54 Å². The number of carbonyl (C=O) groups excluding carboxylic acids is 3. The van der Waals surface area contributed by atoms with Crippen LogP contribution in [0, 0.1) is 5.92 Å². The highest BCUT2D eigenvalue weighted by molar-refractivity contribution is 6.07. The maximum Gasteiger partial charge on any atom is 0.325 e. The van der Waals surface area contributed by atoms with Crippen molar-refractivity contribution in [3.05, 3.63) is 23.7 Å². The highest BCUT2D eigenvalue weighted by Gasteiger charge is 2.55. The summed E-state index contributed by atoms with van der Waals surface area (Å²) in [7, 11) is 1.51. The first-order valence-electron chi connectivity index (χ1n) is 9.17. The van der Waals surface area contributed by atoms with Gasteiger partial charge in [-0.25, -0.2) is 4.79 Å². The van der Waals surface area contributed by atoms with Gasteiger partial charge in [-0.2, -0.15) is 0 Å². The van der Waals surface area contributed by atoms with Crippen LogP contribution in [-0.2, 0) is 11.3 Å². The first-order chi connectivity index (χ1) is 12.5. The molecular formula is C18H26N4O4. The average molecular weight is 362 g/mol. The van der Waals surface area contributed by atoms with Crippen LogP contribution in [0.2, 0.25) is 0 Å². The molecule has 2 fully saturated rings. The highest BCUT2D eigenvalue weighted by atomic mass is 16.4. The smallest absolute Gasteiger partial charge is 0.325 e. The zero-order valence-electron chi connectivity index (χ0n) is 15.3. The lowest BCUT2D eigenvalue weighted by Crippen LogP contribution is -2.55. The normalized spacial score (nSPS) is 24.0. The van der Waals surface area contributed by atoms with E-state index in [4.69, 9.17) is 4.42 Å². The third kappa shape index (κ3) is 3.21. The second-order valence-electron chi connectivity index (χ2n) is 6.91. The Hall–Kier alpha value is -2.35. The van der Waals surface area contributed by atoms with Gasteiger partial charge in [-0.1, -0.05) is 13.3 Å². The van der Waals surface area contributed by atoms with E-state index in [1.54, 1.807) is 12.1 Å². The topological polar surface area (TPSA) is 104 Å². The Balaban J connectivity index is 1.80. The van der Waals surface area contributed by atoms with Gasteiger partial charge >= 0.3 is 6.03 Å². The molecule has 0 radical (unpaired) electrons. The van der Waals surface area contributed by atoms with Crippen LogP contribution in [-0.4, -0.2) is 48.4 Å². The molecule has 3 rings (SSSR count). The summed E-state index contributed by atoms with van der Waals surface area (Å²) < 4.78 is 5.47. The minimum Gasteiger partial charge on any atom is -0.454 e. The molecule has 26 heavy (non-hydrogen) atoms. The van der Waals surface area contributed by atoms with Crippen molar-refractivity contribution >= 4 is 17.8 Å². The number of hydrogen-bond donors (Lipinski definition) is 3. The molecule has 142 valence electrons. The van der Waals surface area contributed by atoms with Crippen molar-refractivity contribution < 1.29 is 18.8 Å². The summed E-state index contributed by atoms with van der Waals surface area (Å²) in [6.07, 6.45) is 3.16. The van der Waals surface area contributed by atoms with Crippen LogP contribution < -0.4 is 16.0 Å². The number of furan rings is 1. The Morgan fingerprint density at radius 3 is 2.73 bits per heavy atom. The Morgan fingerprint density at radius 1 is 1.35 bits per heavy atom. The van der Waals surface area contributed by atoms with Crippen molar-refractivity contribution in [1.29, 1.82) is 0 Å². The summed E-state index contributed by atoms with van der Waals surface area (Å²) >= 11 is 0. The fourth-order valence-corrected chi connectivity index (χ4v) is 4.01. The van der Waals surface area contributed by atoms with Gasteiger partial charge in [0, 0.05) is 7.05 Å². The monoisotopic (exact) mass is 362 g/mol. The van der Waals surface area contributed by atoms with Crippen LogP contribution in [0.3, 0.4) is 0 Å². The minimum absolute atomic E-state index is 0.0259. The van der Waals surface area contributed by atoms with Gasteiger partial charge in [-0.15, -0.1) is 0 Å². The molecule has 2 saturated heterocycles. The molecule has 4 amide bonds. The zero-order valence-corrected chi connectivity index (χ0v) is 15.3. The van der Waals surface area contributed by atoms with Crippen molar-refractivity contribution in [2.75, 3.05) is 20.1 Å². The maximum absolute atomic E-state index is 13.2. The SMILES string of the molecule is CCC[C@@]1(C2CCNCC2)NC(=O)N(Cc2ccc(C(=O)NC)o2)C1=O. The summed E-state index contributed by atoms with van der Waals surface area (Å²) in [6.45, 7) is 3.76. The Kier molecular flexibility index (Phi) is 5.31. The number of imide groups is 1. The molecule has 1 atom stereocenters. The van der Waals surface area contributed by atoms with E-state index in [0.29, 0.717) is 12.2 Å². The lowest BCUT2D eigenvalue weighted by atomic mass is 9.75. The van der Waals surface area contributed by atoms with Crippen molar-refractivity contribution in [3.8, 4) is 0 Å². The maximum atomic E-state index is 13.2. The predicted molar refractivity (Wildman–Crippen MR) is 94.4 cm³/mol. The van der Waals surface area contributed by atoms with Crippen LogP contribution in [0.1, 0.15) is 48.9 Å². The summed E-state index contributed by atoms with van der Waals surface area (Å²) in [5, 5.41) is 8.77. The molecule has 2 aliphatic rings. The molecule has 8 nitrogen and oxygen atoms in total. The number of urea groups is 1. The molecule has 0 saturated carbocycles. The Labute approximate surface area is 152 Å². The van der Waals surface area contributed by atoms with Gasteiger partial charge in [-0.05, 0) is 50.4 Å². The van der Waals surface area contributed by atoms with Gasteiger partial charge in [0.25, 0.3) is 11.8 Å². The third-order valence-corrected chi connectivity index (χ3v) is 5.31. The average Bonchev–Trinajstić information content (AvgIpc) is 3.22. The van der Waals surface area contributed by atoms with Crippen LogP contribution in [0.4, 0.5) is 4.79 Å². The van der Waals surface area contributed by atoms with Gasteiger partial charge in [0.1, 0.15) is 11.3 Å². The van der Waals surface area contributed by atoms with Crippen molar-refractivity contribution in [1.82, 2.24) is 20.9 Å². The Morgan fingerprint density at radius 2 is 2.08 bits per heavy atom. The van der Waals surface area contributed by atoms with E-state index in [1.807, 2.05) is 6.92 Å². The van der Waals surface area contributed by atoms with Crippen LogP contribution in [0.25, 0.3) is 0 Å². The molecule has 8 heteroatoms. The summed E-state index contributed by atoms with van der Waals surface area (Å²) in [4.78, 5) is 38.6. The molecule has 0 unspecified atom stereocenters. The van der Waals surface area contributed by atoms with Gasteiger partial charge in [-0.3, -0.25) is 14.5 Å². The predicted octanol–water partition coefficient (Wildman–Crippen LogP) is 1.23. The number of carbonyl (C=O) groups is 3. The summed E-state index contributed by atoms with van der Waals surface area (Å²) in [5.41, 5.74) is -0.829. The third-order valence-electron chi connectivity index (χ3n) is 5.31. The fourth-order valence-electron chi connectivity index (χ4n) is 4.01. The van der Waals surface area contributed by atoms with E-state index in [0.717, 1.165) is 32.4 Å². The van der Waals surface area contributed by atoms with E-state index < -0.39 is 5.54 Å².